The molecule has 0 bridgehead atoms. The lowest BCUT2D eigenvalue weighted by Gasteiger charge is -1.72. The normalized spacial score (nSPS) is 7.41. The van der Waals surface area contributed by atoms with Crippen molar-refractivity contribution in [2.75, 3.05) is 66.1 Å². The van der Waals surface area contributed by atoms with Crippen LogP contribution in [-0.4, -0.2) is 228 Å². The van der Waals surface area contributed by atoms with E-state index in [1.54, 1.807) is 0 Å². The monoisotopic (exact) mass is 818 g/mol. The number of carboxylic acid groups (broad SMARTS) is 10. The van der Waals surface area contributed by atoms with Gasteiger partial charge in [0.1, 0.15) is 66.1 Å². The molecule has 30 heteroatoms. The summed E-state index contributed by atoms with van der Waals surface area (Å²) >= 11 is 0. The summed E-state index contributed by atoms with van der Waals surface area (Å²) in [4.78, 5) is 91.2. The Balaban J connectivity index is -0.0000000419. The quantitative estimate of drug-likeness (QED) is 0.0920. The van der Waals surface area contributed by atoms with Gasteiger partial charge in [-0.2, -0.15) is 0 Å². The molecule has 0 fully saturated rings. The van der Waals surface area contributed by atoms with Gasteiger partial charge in [-0.1, -0.05) is 26.7 Å². The first-order chi connectivity index (χ1) is 24.6. The molecule has 0 aliphatic carbocycles. The highest BCUT2D eigenvalue weighted by atomic mass is 16.4. The summed E-state index contributed by atoms with van der Waals surface area (Å²) in [5.74, 6) is -11.9. The lowest BCUT2D eigenvalue weighted by Crippen LogP contribution is -1.98. The Morgan fingerprint density at radius 3 is 0.259 bits per heavy atom. The zero-order valence-corrected chi connectivity index (χ0v) is 28.5. The Morgan fingerprint density at radius 2 is 0.259 bits per heavy atom. The third-order valence-electron chi connectivity index (χ3n) is 1.85. The molecule has 0 unspecified atom stereocenters. The maximum atomic E-state index is 9.12. The number of unbranched alkanes of at least 4 members (excludes halogenated alkanes) is 1. The fourth-order valence-corrected chi connectivity index (χ4v) is 0. The highest BCUT2D eigenvalue weighted by Crippen LogP contribution is 1.76. The van der Waals surface area contributed by atoms with Gasteiger partial charge < -0.3 is 102 Å². The highest BCUT2D eigenvalue weighted by Gasteiger charge is 1.86. The van der Waals surface area contributed by atoms with Crippen molar-refractivity contribution in [3.8, 4) is 0 Å². The molecule has 0 amide bonds. The molecule has 326 valence electrons. The van der Waals surface area contributed by atoms with Crippen LogP contribution in [0.25, 0.3) is 0 Å². The molecular weight excluding hydrogens is 768 g/mol. The van der Waals surface area contributed by atoms with Crippen LogP contribution in [0.1, 0.15) is 26.7 Å². The lowest BCUT2D eigenvalue weighted by molar-refractivity contribution is -0.141. The minimum absolute atomic E-state index is 0.778. The Labute approximate surface area is 303 Å². The first-order valence-corrected chi connectivity index (χ1v) is 12.9. The molecule has 0 atom stereocenters. The summed E-state index contributed by atoms with van der Waals surface area (Å²) in [6.07, 6.45) is 2.64. The summed E-state index contributed by atoms with van der Waals surface area (Å²) in [6, 6.07) is 0. The van der Waals surface area contributed by atoms with Crippen LogP contribution < -0.4 is 0 Å². The van der Waals surface area contributed by atoms with E-state index in [0.29, 0.717) is 0 Å². The van der Waals surface area contributed by atoms with Gasteiger partial charge in [0, 0.05) is 0 Å². The molecule has 0 rings (SSSR count). The second-order valence-corrected chi connectivity index (χ2v) is 6.52. The molecule has 0 radical (unpaired) electrons. The molecule has 20 N–H and O–H groups in total. The number of aliphatic carboxylic acids is 10. The van der Waals surface area contributed by atoms with E-state index < -0.39 is 126 Å². The summed E-state index contributed by atoms with van der Waals surface area (Å²) in [7, 11) is 0. The van der Waals surface area contributed by atoms with E-state index in [1.165, 1.54) is 12.8 Å². The zero-order valence-electron chi connectivity index (χ0n) is 28.5. The minimum Gasteiger partial charge on any atom is -0.480 e. The van der Waals surface area contributed by atoms with Crippen LogP contribution in [0.3, 0.4) is 0 Å². The van der Waals surface area contributed by atoms with Crippen LogP contribution >= 0.6 is 0 Å². The summed E-state index contributed by atoms with van der Waals surface area (Å²) in [5.41, 5.74) is 0. The van der Waals surface area contributed by atoms with E-state index in [2.05, 4.69) is 13.8 Å². The van der Waals surface area contributed by atoms with E-state index in [-0.39, 0.29) is 0 Å². The molecule has 0 saturated heterocycles. The van der Waals surface area contributed by atoms with Gasteiger partial charge in [0.25, 0.3) is 0 Å². The van der Waals surface area contributed by atoms with Crippen LogP contribution in [0.5, 0.6) is 0 Å². The minimum atomic E-state index is -1.19. The second kappa shape index (κ2) is 77.0. The zero-order chi connectivity index (χ0) is 46.3. The van der Waals surface area contributed by atoms with Gasteiger partial charge in [-0.3, -0.25) is 0 Å². The summed E-state index contributed by atoms with van der Waals surface area (Å²) in [5, 5.41) is 150. The molecule has 0 aromatic rings. The molecule has 0 aromatic carbocycles. The maximum absolute atomic E-state index is 9.12. The van der Waals surface area contributed by atoms with Crippen molar-refractivity contribution in [3.63, 3.8) is 0 Å². The van der Waals surface area contributed by atoms with Crippen LogP contribution in [0.2, 0.25) is 0 Å². The first-order valence-electron chi connectivity index (χ1n) is 12.9. The van der Waals surface area contributed by atoms with Crippen molar-refractivity contribution in [2.45, 2.75) is 26.7 Å². The van der Waals surface area contributed by atoms with Gasteiger partial charge >= 0.3 is 59.7 Å². The largest absolute Gasteiger partial charge is 0.480 e. The summed E-state index contributed by atoms with van der Waals surface area (Å²) in [6.45, 7) is -3.42. The molecule has 0 aromatic heterocycles. The number of rotatable bonds is 11. The summed E-state index contributed by atoms with van der Waals surface area (Å²) < 4.78 is 0. The molecule has 0 heterocycles. The Hall–Kier alpha value is -5.70. The number of carboxylic acids is 10. The van der Waals surface area contributed by atoms with E-state index in [9.17, 15) is 0 Å². The van der Waals surface area contributed by atoms with E-state index >= 15 is 0 Å². The van der Waals surface area contributed by atoms with Crippen molar-refractivity contribution in [3.05, 3.63) is 0 Å². The SMILES string of the molecule is CCCC.O=C(O)CO.O=C(O)CO.O=C(O)CO.O=C(O)CO.O=C(O)CO.O=C(O)CO.O=C(O)CO.O=C(O)CO.O=C(O)CO.O=C(O)CO. The maximum Gasteiger partial charge on any atom is 0.329 e. The van der Waals surface area contributed by atoms with Crippen LogP contribution in [0.15, 0.2) is 0 Å². The molecule has 0 spiro atoms. The van der Waals surface area contributed by atoms with Crippen molar-refractivity contribution < 1.29 is 150 Å². The second-order valence-electron chi connectivity index (χ2n) is 6.52. The van der Waals surface area contributed by atoms with Gasteiger partial charge in [-0.25, -0.2) is 47.9 Å². The topological polar surface area (TPSA) is 575 Å². The van der Waals surface area contributed by atoms with Crippen LogP contribution in [0.4, 0.5) is 0 Å². The molecule has 0 saturated carbocycles. The third-order valence-corrected chi connectivity index (χ3v) is 1.85. The lowest BCUT2D eigenvalue weighted by atomic mass is 10.4. The van der Waals surface area contributed by atoms with Crippen molar-refractivity contribution >= 4 is 59.7 Å². The predicted octanol–water partition coefficient (Wildman–Crippen LogP) is -7.56. The number of carbonyl (C=O) groups is 10. The average Bonchev–Trinajstić information content (AvgIpc) is 3.13. The smallest absolute Gasteiger partial charge is 0.329 e. The van der Waals surface area contributed by atoms with Crippen LogP contribution in [-0.2, 0) is 47.9 Å². The van der Waals surface area contributed by atoms with Gasteiger partial charge in [0.2, 0.25) is 0 Å². The number of hydrogen-bond acceptors (Lipinski definition) is 20. The fraction of sp³-hybridized carbons (Fsp3) is 0.583. The van der Waals surface area contributed by atoms with Crippen molar-refractivity contribution in [1.29, 1.82) is 0 Å². The Kier molecular flexibility index (Phi) is 111. The number of aliphatic hydroxyl groups excluding tert-OH is 10. The van der Waals surface area contributed by atoms with Crippen LogP contribution in [0, 0.1) is 0 Å². The Morgan fingerprint density at radius 1 is 0.222 bits per heavy atom. The van der Waals surface area contributed by atoms with Gasteiger partial charge in [0.15, 0.2) is 0 Å². The average molecular weight is 819 g/mol. The van der Waals surface area contributed by atoms with Gasteiger partial charge in [-0.05, 0) is 0 Å². The molecule has 54 heavy (non-hydrogen) atoms. The van der Waals surface area contributed by atoms with Crippen molar-refractivity contribution in [1.82, 2.24) is 0 Å². The third kappa shape index (κ3) is 406. The Bertz CT molecular complexity index is 667. The van der Waals surface area contributed by atoms with Crippen molar-refractivity contribution in [2.24, 2.45) is 0 Å². The molecular formula is C24H50O30. The fourth-order valence-electron chi connectivity index (χ4n) is 0. The molecule has 0 aliphatic heterocycles. The first kappa shape index (κ1) is 77.7. The predicted molar refractivity (Wildman–Crippen MR) is 168 cm³/mol. The van der Waals surface area contributed by atoms with E-state index in [4.69, 9.17) is 150 Å². The van der Waals surface area contributed by atoms with Gasteiger partial charge in [0.05, 0.1) is 0 Å². The van der Waals surface area contributed by atoms with Gasteiger partial charge in [-0.15, -0.1) is 0 Å². The highest BCUT2D eigenvalue weighted by molar-refractivity contribution is 5.69. The molecule has 30 nitrogen and oxygen atoms in total. The standard InChI is InChI=1S/C4H10.10C2H4O3/c1-3-4-2;10*3-1-2(4)5/h3-4H2,1-2H3;10*3H,1H2,(H,4,5). The molecule has 0 aliphatic rings. The number of hydrogen-bond donors (Lipinski definition) is 20. The van der Waals surface area contributed by atoms with E-state index in [0.717, 1.165) is 0 Å². The van der Waals surface area contributed by atoms with E-state index in [1.807, 2.05) is 0 Å². The number of aliphatic hydroxyl groups is 10.